The third-order valence-corrected chi connectivity index (χ3v) is 9.88. The smallest absolute Gasteiger partial charge is 0.0701 e. The molecule has 4 fully saturated rings. The molecule has 330 valence electrons. The molecule has 4 aliphatic heterocycles. The van der Waals surface area contributed by atoms with E-state index in [1.54, 1.807) is 0 Å². The van der Waals surface area contributed by atoms with Crippen LogP contribution in [0.3, 0.4) is 0 Å². The van der Waals surface area contributed by atoms with E-state index < -0.39 is 0 Å². The summed E-state index contributed by atoms with van der Waals surface area (Å²) in [7, 11) is 0. The average Bonchev–Trinajstić information content (AvgIpc) is 3.24. The number of benzene rings is 2. The van der Waals surface area contributed by atoms with Crippen molar-refractivity contribution in [2.75, 3.05) is 198 Å². The minimum Gasteiger partial charge on any atom is -0.378 e. The summed E-state index contributed by atoms with van der Waals surface area (Å²) < 4.78 is 57.5. The van der Waals surface area contributed by atoms with Gasteiger partial charge in [-0.25, -0.2) is 0 Å². The van der Waals surface area contributed by atoms with E-state index >= 15 is 0 Å². The molecule has 0 N–H and O–H groups in total. The molecule has 2 bridgehead atoms. The summed E-state index contributed by atoms with van der Waals surface area (Å²) in [4.78, 5) is 9.38. The molecule has 0 spiro atoms. The largest absolute Gasteiger partial charge is 0.378 e. The number of hydrogen-bond donors (Lipinski definition) is 0. The summed E-state index contributed by atoms with van der Waals surface area (Å²) in [6.45, 7) is 23.7. The number of fused-ring (bicyclic) bond motifs is 21. The number of hydrogen-bond acceptors (Lipinski definition) is 14. The summed E-state index contributed by atoms with van der Waals surface area (Å²) in [5, 5.41) is 0. The molecule has 58 heavy (non-hydrogen) atoms. The average molecular weight is 819 g/mol. The standard InChI is InChI=1S/C26H38N2O4.C18H36N2O6/c1-3-7-25(8-4-1)23-27-11-15-29-19-21-31-17-13-28(24-26-9-5-2-6-10-26)14-18-32-22-20-30-16-12-27;1-7-21-13-14-24-10-4-20-5-11-25-17-15-22-8-2-19(1)3-9-23-16-18-26-12-6-20/h1-10H,11-24H2;1-18H2. The maximum absolute atomic E-state index is 5.83. The molecule has 0 aromatic heterocycles. The van der Waals surface area contributed by atoms with Gasteiger partial charge in [-0.15, -0.1) is 0 Å². The molecule has 0 unspecified atom stereocenters. The van der Waals surface area contributed by atoms with Crippen LogP contribution in [0.4, 0.5) is 0 Å². The Labute approximate surface area is 348 Å². The minimum atomic E-state index is 0.622. The van der Waals surface area contributed by atoms with Crippen molar-refractivity contribution in [2.24, 2.45) is 0 Å². The number of ether oxygens (including phenoxy) is 10. The van der Waals surface area contributed by atoms with Gasteiger partial charge in [-0.2, -0.15) is 0 Å². The third kappa shape index (κ3) is 25.5. The molecule has 2 aromatic rings. The Hall–Kier alpha value is -2.12. The molecular weight excluding hydrogens is 745 g/mol. The minimum absolute atomic E-state index is 0.622. The van der Waals surface area contributed by atoms with E-state index in [1.807, 2.05) is 0 Å². The van der Waals surface area contributed by atoms with Crippen LogP contribution in [0.25, 0.3) is 0 Å². The zero-order chi connectivity index (χ0) is 40.2. The van der Waals surface area contributed by atoms with Gasteiger partial charge in [0.2, 0.25) is 0 Å². The Morgan fingerprint density at radius 2 is 0.466 bits per heavy atom. The Balaban J connectivity index is 0.000000262. The summed E-state index contributed by atoms with van der Waals surface area (Å²) >= 11 is 0. The van der Waals surface area contributed by atoms with Gasteiger partial charge in [0.1, 0.15) is 0 Å². The lowest BCUT2D eigenvalue weighted by molar-refractivity contribution is -0.0103. The van der Waals surface area contributed by atoms with Gasteiger partial charge in [0, 0.05) is 78.5 Å². The molecular formula is C44H74N4O10. The van der Waals surface area contributed by atoms with Crippen molar-refractivity contribution in [2.45, 2.75) is 13.1 Å². The molecule has 6 rings (SSSR count). The van der Waals surface area contributed by atoms with Crippen molar-refractivity contribution in [3.8, 4) is 0 Å². The fraction of sp³-hybridized carbons (Fsp3) is 0.727. The second-order valence-electron chi connectivity index (χ2n) is 14.3. The lowest BCUT2D eigenvalue weighted by atomic mass is 10.2. The maximum atomic E-state index is 5.83. The van der Waals surface area contributed by atoms with Crippen molar-refractivity contribution in [3.05, 3.63) is 71.8 Å². The molecule has 4 heterocycles. The fourth-order valence-electron chi connectivity index (χ4n) is 6.44. The molecule has 4 aliphatic rings. The molecule has 2 aromatic carbocycles. The van der Waals surface area contributed by atoms with Crippen LogP contribution in [0, 0.1) is 0 Å². The normalized spacial score (nSPS) is 24.6. The van der Waals surface area contributed by atoms with Crippen LogP contribution in [-0.2, 0) is 60.5 Å². The van der Waals surface area contributed by atoms with Gasteiger partial charge in [-0.1, -0.05) is 60.7 Å². The lowest BCUT2D eigenvalue weighted by Crippen LogP contribution is -2.36. The first kappa shape index (κ1) is 48.5. The van der Waals surface area contributed by atoms with E-state index in [1.165, 1.54) is 11.1 Å². The van der Waals surface area contributed by atoms with E-state index in [-0.39, 0.29) is 0 Å². The predicted octanol–water partition coefficient (Wildman–Crippen LogP) is 2.79. The third-order valence-electron chi connectivity index (χ3n) is 9.88. The molecule has 4 saturated heterocycles. The van der Waals surface area contributed by atoms with Gasteiger partial charge in [-0.3, -0.25) is 19.6 Å². The maximum Gasteiger partial charge on any atom is 0.0701 e. The van der Waals surface area contributed by atoms with Gasteiger partial charge >= 0.3 is 0 Å². The van der Waals surface area contributed by atoms with Crippen LogP contribution < -0.4 is 0 Å². The van der Waals surface area contributed by atoms with Gasteiger partial charge in [0.15, 0.2) is 0 Å². The Bertz CT molecular complexity index is 1030. The predicted molar refractivity (Wildman–Crippen MR) is 225 cm³/mol. The van der Waals surface area contributed by atoms with Crippen LogP contribution in [0.15, 0.2) is 60.7 Å². The van der Waals surface area contributed by atoms with Crippen LogP contribution in [0.1, 0.15) is 11.1 Å². The molecule has 14 heteroatoms. The number of rotatable bonds is 4. The van der Waals surface area contributed by atoms with E-state index in [2.05, 4.69) is 80.3 Å². The van der Waals surface area contributed by atoms with Crippen LogP contribution >= 0.6 is 0 Å². The summed E-state index contributed by atoms with van der Waals surface area (Å²) in [5.74, 6) is 0. The van der Waals surface area contributed by atoms with Crippen molar-refractivity contribution < 1.29 is 47.4 Å². The highest BCUT2D eigenvalue weighted by atomic mass is 16.5. The van der Waals surface area contributed by atoms with Crippen molar-refractivity contribution in [3.63, 3.8) is 0 Å². The van der Waals surface area contributed by atoms with Crippen molar-refractivity contribution in [1.29, 1.82) is 0 Å². The lowest BCUT2D eigenvalue weighted by Gasteiger charge is -2.24. The van der Waals surface area contributed by atoms with Crippen molar-refractivity contribution in [1.82, 2.24) is 19.6 Å². The molecule has 0 saturated carbocycles. The second kappa shape index (κ2) is 34.6. The molecule has 0 aliphatic carbocycles. The molecule has 0 amide bonds. The zero-order valence-corrected chi connectivity index (χ0v) is 35.3. The van der Waals surface area contributed by atoms with E-state index in [9.17, 15) is 0 Å². The van der Waals surface area contributed by atoms with Gasteiger partial charge in [0.25, 0.3) is 0 Å². The molecule has 14 nitrogen and oxygen atoms in total. The summed E-state index contributed by atoms with van der Waals surface area (Å²) in [6, 6.07) is 21.1. The first-order chi connectivity index (χ1) is 28.8. The van der Waals surface area contributed by atoms with E-state index in [0.717, 1.165) is 78.5 Å². The Morgan fingerprint density at radius 1 is 0.259 bits per heavy atom. The summed E-state index contributed by atoms with van der Waals surface area (Å²) in [6.07, 6.45) is 0. The van der Waals surface area contributed by atoms with Crippen LogP contribution in [-0.4, -0.2) is 217 Å². The van der Waals surface area contributed by atoms with Gasteiger partial charge in [-0.05, 0) is 11.1 Å². The van der Waals surface area contributed by atoms with Crippen LogP contribution in [0.2, 0.25) is 0 Å². The molecule has 0 radical (unpaired) electrons. The topological polar surface area (TPSA) is 105 Å². The van der Waals surface area contributed by atoms with Gasteiger partial charge < -0.3 is 47.4 Å². The second-order valence-corrected chi connectivity index (χ2v) is 14.3. The van der Waals surface area contributed by atoms with E-state index in [0.29, 0.717) is 132 Å². The number of nitrogens with zero attached hydrogens (tertiary/aromatic N) is 4. The van der Waals surface area contributed by atoms with E-state index in [4.69, 9.17) is 47.4 Å². The highest BCUT2D eigenvalue weighted by Gasteiger charge is 2.11. The Morgan fingerprint density at radius 3 is 0.690 bits per heavy atom. The first-order valence-electron chi connectivity index (χ1n) is 21.6. The highest BCUT2D eigenvalue weighted by molar-refractivity contribution is 5.15. The zero-order valence-electron chi connectivity index (χ0n) is 35.3. The SMILES string of the molecule is C1COCCN2CCOCCOCCN(CCO1)CCOCCOCC2.c1ccc(CN2CCOCCOCCN(Cc3ccccc3)CCOCCOCC2)cc1. The molecule has 0 atom stereocenters. The summed E-state index contributed by atoms with van der Waals surface area (Å²) in [5.41, 5.74) is 2.61. The highest BCUT2D eigenvalue weighted by Crippen LogP contribution is 2.06. The Kier molecular flexibility index (Phi) is 28.9. The van der Waals surface area contributed by atoms with Crippen molar-refractivity contribution >= 4 is 0 Å². The monoisotopic (exact) mass is 819 g/mol. The van der Waals surface area contributed by atoms with Crippen LogP contribution in [0.5, 0.6) is 0 Å². The quantitative estimate of drug-likeness (QED) is 0.452. The van der Waals surface area contributed by atoms with Gasteiger partial charge in [0.05, 0.1) is 132 Å². The fourth-order valence-corrected chi connectivity index (χ4v) is 6.44. The first-order valence-corrected chi connectivity index (χ1v) is 21.6.